The Labute approximate surface area is 267 Å². The molecule has 0 saturated carbocycles. The molecule has 12 heteroatoms. The molecule has 9 nitrogen and oxygen atoms in total. The van der Waals surface area contributed by atoms with Gasteiger partial charge in [0.1, 0.15) is 11.6 Å². The summed E-state index contributed by atoms with van der Waals surface area (Å²) < 4.78 is 34.0. The molecule has 2 amide bonds. The first-order valence-corrected chi connectivity index (χ1v) is 15.9. The highest BCUT2D eigenvalue weighted by Crippen LogP contribution is 2.33. The Kier molecular flexibility index (Phi) is 10.5. The van der Waals surface area contributed by atoms with Gasteiger partial charge < -0.3 is 19.5 Å². The minimum atomic E-state index is -2.66. The molecule has 0 spiro atoms. The van der Waals surface area contributed by atoms with Crippen LogP contribution < -0.4 is 10.6 Å². The molecule has 242 valence electrons. The van der Waals surface area contributed by atoms with Crippen LogP contribution in [0.2, 0.25) is 0 Å². The van der Waals surface area contributed by atoms with Crippen molar-refractivity contribution in [1.82, 2.24) is 19.8 Å². The third kappa shape index (κ3) is 8.14. The van der Waals surface area contributed by atoms with Crippen molar-refractivity contribution in [1.29, 1.82) is 5.26 Å². The Hall–Kier alpha value is -3.66. The molecule has 1 aliphatic heterocycles. The van der Waals surface area contributed by atoms with Gasteiger partial charge in [0, 0.05) is 32.3 Å². The number of aromatic nitrogens is 2. The lowest BCUT2D eigenvalue weighted by molar-refractivity contribution is -0.126. The number of likely N-dealkylation sites (tertiary alicyclic amines) is 1. The number of thiophene rings is 1. The summed E-state index contributed by atoms with van der Waals surface area (Å²) in [5.41, 5.74) is 1.76. The number of nitrogens with one attached hydrogen (secondary N) is 2. The molecule has 1 fully saturated rings. The number of ether oxygens (including phenoxy) is 1. The van der Waals surface area contributed by atoms with E-state index in [-0.39, 0.29) is 44.7 Å². The molecular weight excluding hydrogens is 598 g/mol. The van der Waals surface area contributed by atoms with Crippen LogP contribution in [0.1, 0.15) is 87.5 Å². The zero-order valence-corrected chi connectivity index (χ0v) is 27.7. The summed E-state index contributed by atoms with van der Waals surface area (Å²) >= 11 is 0.737. The number of rotatable bonds is 11. The van der Waals surface area contributed by atoms with Gasteiger partial charge in [-0.25, -0.2) is 13.8 Å². The Bertz CT molecular complexity index is 1610. The number of hydrogen-bond donors (Lipinski definition) is 2. The average molecular weight is 641 g/mol. The maximum atomic E-state index is 13.4. The second-order valence-electron chi connectivity index (χ2n) is 13.0. The van der Waals surface area contributed by atoms with Gasteiger partial charge in [-0.2, -0.15) is 5.26 Å². The van der Waals surface area contributed by atoms with Gasteiger partial charge in [0.25, 0.3) is 18.2 Å². The van der Waals surface area contributed by atoms with Crippen LogP contribution in [0.4, 0.5) is 14.7 Å². The van der Waals surface area contributed by atoms with Crippen LogP contribution in [0.5, 0.6) is 0 Å². The topological polar surface area (TPSA) is 112 Å². The maximum absolute atomic E-state index is 13.4. The van der Waals surface area contributed by atoms with Crippen molar-refractivity contribution in [3.63, 3.8) is 0 Å². The highest BCUT2D eigenvalue weighted by molar-refractivity contribution is 7.14. The molecule has 2 aromatic heterocycles. The average Bonchev–Trinajstić information content (AvgIpc) is 3.72. The summed E-state index contributed by atoms with van der Waals surface area (Å²) in [7, 11) is 0. The Morgan fingerprint density at radius 2 is 1.96 bits per heavy atom. The lowest BCUT2D eigenvalue weighted by Gasteiger charge is -2.28. The van der Waals surface area contributed by atoms with E-state index >= 15 is 0 Å². The second kappa shape index (κ2) is 13.8. The first kappa shape index (κ1) is 34.2. The second-order valence-corrected chi connectivity index (χ2v) is 14.1. The molecule has 1 saturated heterocycles. The molecule has 45 heavy (non-hydrogen) atoms. The summed E-state index contributed by atoms with van der Waals surface area (Å²) in [6.45, 7) is 15.9. The third-order valence-electron chi connectivity index (χ3n) is 8.13. The minimum Gasteiger partial charge on any atom is -0.372 e. The Balaban J connectivity index is 1.65. The summed E-state index contributed by atoms with van der Waals surface area (Å²) in [4.78, 5) is 32.9. The van der Waals surface area contributed by atoms with E-state index in [1.807, 2.05) is 35.8 Å². The first-order valence-electron chi connectivity index (χ1n) is 15.1. The Morgan fingerprint density at radius 3 is 2.58 bits per heavy atom. The number of amides is 2. The highest BCUT2D eigenvalue weighted by Gasteiger charge is 2.33. The lowest BCUT2D eigenvalue weighted by atomic mass is 9.88. The molecule has 0 unspecified atom stereocenters. The smallest absolute Gasteiger partial charge is 0.272 e. The third-order valence-corrected chi connectivity index (χ3v) is 9.22. The predicted molar refractivity (Wildman–Crippen MR) is 172 cm³/mol. The molecule has 3 heterocycles. The van der Waals surface area contributed by atoms with Gasteiger partial charge in [-0.3, -0.25) is 14.9 Å². The van der Waals surface area contributed by atoms with Crippen molar-refractivity contribution in [3.8, 4) is 6.07 Å². The van der Waals surface area contributed by atoms with Crippen molar-refractivity contribution < 1.29 is 23.1 Å². The number of anilines is 1. The van der Waals surface area contributed by atoms with Gasteiger partial charge in [0.2, 0.25) is 5.95 Å². The number of nitrogens with zero attached hydrogens (tertiary/aromatic N) is 4. The Morgan fingerprint density at radius 1 is 1.22 bits per heavy atom. The fraction of sp³-hybridized carbons (Fsp3) is 0.515. The molecule has 2 atom stereocenters. The van der Waals surface area contributed by atoms with Gasteiger partial charge >= 0.3 is 0 Å². The van der Waals surface area contributed by atoms with E-state index < -0.39 is 17.9 Å². The standard InChI is InChI=1S/C33H42F2N6O3S/c1-8-44-33(6,7)16-22(17-36)30(43)40-14-13-23(19-40)41-25-10-9-21(18-37-20(2)32(3,4)5)15-24(25)38-31(41)39-29(42)27-12-11-26(45-27)28(34)35/h9-12,15-16,20,23,28,37H,8,13-14,18-19H2,1-7H3,(H,38,39,42)/t20-,23+/m0/s1. The van der Waals surface area contributed by atoms with Crippen molar-refractivity contribution in [2.75, 3.05) is 25.0 Å². The van der Waals surface area contributed by atoms with Gasteiger partial charge in [0.15, 0.2) is 0 Å². The minimum absolute atomic E-state index is 0.00673. The van der Waals surface area contributed by atoms with E-state index in [0.717, 1.165) is 22.4 Å². The van der Waals surface area contributed by atoms with Crippen molar-refractivity contribution in [3.05, 3.63) is 57.3 Å². The van der Waals surface area contributed by atoms with Crippen LogP contribution in [0, 0.1) is 16.7 Å². The number of benzene rings is 1. The van der Waals surface area contributed by atoms with Crippen LogP contribution >= 0.6 is 11.3 Å². The predicted octanol–water partition coefficient (Wildman–Crippen LogP) is 6.85. The van der Waals surface area contributed by atoms with Crippen molar-refractivity contribution >= 4 is 40.1 Å². The van der Waals surface area contributed by atoms with E-state index in [4.69, 9.17) is 9.72 Å². The summed E-state index contributed by atoms with van der Waals surface area (Å²) in [5.74, 6) is -0.659. The largest absolute Gasteiger partial charge is 0.372 e. The van der Waals surface area contributed by atoms with E-state index in [2.05, 4.69) is 38.3 Å². The van der Waals surface area contributed by atoms with Gasteiger partial charge in [-0.15, -0.1) is 11.3 Å². The quantitative estimate of drug-likeness (QED) is 0.175. The lowest BCUT2D eigenvalue weighted by Crippen LogP contribution is -2.37. The van der Waals surface area contributed by atoms with Crippen LogP contribution in [-0.4, -0.2) is 57.6 Å². The number of fused-ring (bicyclic) bond motifs is 1. The van der Waals surface area contributed by atoms with Crippen molar-refractivity contribution in [2.24, 2.45) is 5.41 Å². The number of carbonyl (C=O) groups is 2. The molecule has 1 aliphatic rings. The van der Waals surface area contributed by atoms with E-state index in [1.54, 1.807) is 24.8 Å². The number of hydrogen-bond acceptors (Lipinski definition) is 7. The fourth-order valence-electron chi connectivity index (χ4n) is 5.26. The SMILES string of the molecule is CCOC(C)(C)C=C(C#N)C(=O)N1CC[C@@H](n2c(NC(=O)c3ccc(C(F)F)s3)nc3cc(CN[C@@H](C)C(C)(C)C)ccc32)C1. The molecule has 3 aromatic rings. The van der Waals surface area contributed by atoms with Crippen LogP contribution in [-0.2, 0) is 16.1 Å². The van der Waals surface area contributed by atoms with Crippen LogP contribution in [0.15, 0.2) is 42.0 Å². The zero-order valence-electron chi connectivity index (χ0n) is 26.9. The van der Waals surface area contributed by atoms with E-state index in [0.29, 0.717) is 38.2 Å². The van der Waals surface area contributed by atoms with Crippen molar-refractivity contribution in [2.45, 2.75) is 85.5 Å². The number of alkyl halides is 2. The highest BCUT2D eigenvalue weighted by atomic mass is 32.1. The maximum Gasteiger partial charge on any atom is 0.272 e. The summed E-state index contributed by atoms with van der Waals surface area (Å²) in [6, 6.07) is 10.6. The fourth-order valence-corrected chi connectivity index (χ4v) is 6.01. The summed E-state index contributed by atoms with van der Waals surface area (Å²) in [6.07, 6.45) is -0.549. The molecule has 1 aromatic carbocycles. The molecule has 2 N–H and O–H groups in total. The molecule has 0 radical (unpaired) electrons. The summed E-state index contributed by atoms with van der Waals surface area (Å²) in [5, 5.41) is 16.2. The normalized spacial score (nSPS) is 16.8. The number of nitriles is 1. The number of halogens is 2. The van der Waals surface area contributed by atoms with Gasteiger partial charge in [0.05, 0.1) is 32.4 Å². The number of carbonyl (C=O) groups excluding carboxylic acids is 2. The monoisotopic (exact) mass is 640 g/mol. The molecule has 0 aliphatic carbocycles. The van der Waals surface area contributed by atoms with E-state index in [9.17, 15) is 23.6 Å². The zero-order chi connectivity index (χ0) is 33.1. The first-order chi connectivity index (χ1) is 21.1. The molecular formula is C33H42F2N6O3S. The van der Waals surface area contributed by atoms with E-state index in [1.165, 1.54) is 12.1 Å². The van der Waals surface area contributed by atoms with Gasteiger partial charge in [-0.05, 0) is 75.4 Å². The van der Waals surface area contributed by atoms with Crippen LogP contribution in [0.3, 0.4) is 0 Å². The molecule has 4 rings (SSSR count). The number of imidazole rings is 1. The van der Waals surface area contributed by atoms with Crippen LogP contribution in [0.25, 0.3) is 11.0 Å². The van der Waals surface area contributed by atoms with Gasteiger partial charge in [-0.1, -0.05) is 26.8 Å². The molecule has 0 bridgehead atoms.